The molecule has 1 nitrogen and oxygen atoms in total. The van der Waals surface area contributed by atoms with Crippen LogP contribution in [0.4, 0.5) is 4.39 Å². The number of nitrogens with zero attached hydrogens (tertiary/aromatic N) is 1. The van der Waals surface area contributed by atoms with E-state index in [-0.39, 0.29) is 5.82 Å². The molecule has 0 fully saturated rings. The molecule has 0 amide bonds. The summed E-state index contributed by atoms with van der Waals surface area (Å²) in [5.41, 5.74) is 3.50. The topological polar surface area (TPSA) is 12.9 Å². The number of hydrogen-bond acceptors (Lipinski definition) is 2. The van der Waals surface area contributed by atoms with Crippen molar-refractivity contribution in [2.24, 2.45) is 0 Å². The Morgan fingerprint density at radius 2 is 2.00 bits per heavy atom. The van der Waals surface area contributed by atoms with Crippen LogP contribution in [-0.4, -0.2) is 4.98 Å². The Kier molecular flexibility index (Phi) is 2.79. The van der Waals surface area contributed by atoms with Crippen molar-refractivity contribution in [3.8, 4) is 11.3 Å². The Hall–Kier alpha value is -0.930. The van der Waals surface area contributed by atoms with Crippen molar-refractivity contribution in [3.05, 3.63) is 40.5 Å². The summed E-state index contributed by atoms with van der Waals surface area (Å²) in [7, 11) is 0. The van der Waals surface area contributed by atoms with Crippen LogP contribution in [0.3, 0.4) is 0 Å². The lowest BCUT2D eigenvalue weighted by atomic mass is 10.1. The van der Waals surface area contributed by atoms with E-state index < -0.39 is 0 Å². The van der Waals surface area contributed by atoms with Gasteiger partial charge >= 0.3 is 0 Å². The summed E-state index contributed by atoms with van der Waals surface area (Å²) in [5.74, 6) is 0.202. The van der Waals surface area contributed by atoms with E-state index in [0.29, 0.717) is 5.88 Å². The van der Waals surface area contributed by atoms with Crippen molar-refractivity contribution >= 4 is 22.9 Å². The smallest absolute Gasteiger partial charge is 0.123 e. The van der Waals surface area contributed by atoms with Crippen LogP contribution in [0.25, 0.3) is 11.3 Å². The monoisotopic (exact) mass is 227 g/mol. The highest BCUT2D eigenvalue weighted by molar-refractivity contribution is 7.10. The molecule has 0 saturated carbocycles. The van der Waals surface area contributed by atoms with Gasteiger partial charge in [-0.3, -0.25) is 0 Å². The molecule has 0 aliphatic carbocycles. The van der Waals surface area contributed by atoms with Gasteiger partial charge in [0.1, 0.15) is 5.82 Å². The fraction of sp³-hybridized carbons (Fsp3) is 0.100. The van der Waals surface area contributed by atoms with Crippen LogP contribution in [0.5, 0.6) is 0 Å². The van der Waals surface area contributed by atoms with Crippen LogP contribution < -0.4 is 0 Å². The molecule has 14 heavy (non-hydrogen) atoms. The second-order valence-electron chi connectivity index (χ2n) is 2.76. The average molecular weight is 228 g/mol. The molecule has 4 heteroatoms. The second kappa shape index (κ2) is 4.07. The molecule has 0 saturated heterocycles. The third-order valence-electron chi connectivity index (χ3n) is 1.88. The largest absolute Gasteiger partial charge is 0.244 e. The zero-order valence-corrected chi connectivity index (χ0v) is 8.78. The molecule has 0 aliphatic heterocycles. The number of benzene rings is 1. The summed E-state index contributed by atoms with van der Waals surface area (Å²) in [6, 6.07) is 6.26. The van der Waals surface area contributed by atoms with Crippen LogP contribution in [0, 0.1) is 5.82 Å². The van der Waals surface area contributed by atoms with Gasteiger partial charge in [-0.05, 0) is 24.3 Å². The number of aromatic nitrogens is 1. The Bertz CT molecular complexity index is 424. The van der Waals surface area contributed by atoms with Crippen LogP contribution in [0.2, 0.25) is 0 Å². The SMILES string of the molecule is Fc1ccc(-c2ncsc2CCl)cc1. The molecular formula is C10H7ClFNS. The van der Waals surface area contributed by atoms with E-state index in [0.717, 1.165) is 16.1 Å². The molecule has 0 radical (unpaired) electrons. The molecule has 0 bridgehead atoms. The molecule has 1 heterocycles. The molecule has 1 aromatic carbocycles. The minimum absolute atomic E-state index is 0.239. The quantitative estimate of drug-likeness (QED) is 0.713. The van der Waals surface area contributed by atoms with Gasteiger partial charge < -0.3 is 0 Å². The number of halogens is 2. The lowest BCUT2D eigenvalue weighted by Gasteiger charge is -1.98. The molecule has 72 valence electrons. The van der Waals surface area contributed by atoms with E-state index in [1.807, 2.05) is 0 Å². The fourth-order valence-corrected chi connectivity index (χ4v) is 2.15. The average Bonchev–Trinajstić information content (AvgIpc) is 2.67. The predicted molar refractivity (Wildman–Crippen MR) is 57.1 cm³/mol. The zero-order chi connectivity index (χ0) is 9.97. The third-order valence-corrected chi connectivity index (χ3v) is 3.14. The summed E-state index contributed by atoms with van der Waals surface area (Å²) in [6.45, 7) is 0. The van der Waals surface area contributed by atoms with E-state index in [1.54, 1.807) is 17.6 Å². The summed E-state index contributed by atoms with van der Waals surface area (Å²) in [5, 5.41) is 0. The molecule has 0 spiro atoms. The van der Waals surface area contributed by atoms with E-state index in [4.69, 9.17) is 11.6 Å². The number of alkyl halides is 1. The zero-order valence-electron chi connectivity index (χ0n) is 7.21. The first kappa shape index (κ1) is 9.62. The normalized spacial score (nSPS) is 10.4. The summed E-state index contributed by atoms with van der Waals surface area (Å²) in [4.78, 5) is 5.21. The molecule has 2 rings (SSSR count). The highest BCUT2D eigenvalue weighted by Crippen LogP contribution is 2.26. The van der Waals surface area contributed by atoms with Crippen molar-refractivity contribution in [2.75, 3.05) is 0 Å². The summed E-state index contributed by atoms with van der Waals surface area (Å²) in [6.07, 6.45) is 0. The van der Waals surface area contributed by atoms with Gasteiger partial charge in [0, 0.05) is 10.4 Å². The number of thiazole rings is 1. The van der Waals surface area contributed by atoms with E-state index in [2.05, 4.69) is 4.98 Å². The van der Waals surface area contributed by atoms with Crippen molar-refractivity contribution < 1.29 is 4.39 Å². The highest BCUT2D eigenvalue weighted by Gasteiger charge is 2.07. The fourth-order valence-electron chi connectivity index (χ4n) is 1.21. The van der Waals surface area contributed by atoms with Gasteiger partial charge in [-0.2, -0.15) is 0 Å². The Balaban J connectivity index is 2.44. The first-order valence-corrected chi connectivity index (χ1v) is 5.47. The van der Waals surface area contributed by atoms with E-state index >= 15 is 0 Å². The van der Waals surface area contributed by atoms with Crippen LogP contribution in [0.1, 0.15) is 4.88 Å². The van der Waals surface area contributed by atoms with E-state index in [9.17, 15) is 4.39 Å². The third kappa shape index (κ3) is 1.79. The van der Waals surface area contributed by atoms with Gasteiger partial charge in [0.15, 0.2) is 0 Å². The molecular weight excluding hydrogens is 221 g/mol. The minimum Gasteiger partial charge on any atom is -0.244 e. The predicted octanol–water partition coefficient (Wildman–Crippen LogP) is 3.69. The first-order chi connectivity index (χ1) is 6.81. The van der Waals surface area contributed by atoms with Crippen molar-refractivity contribution in [1.29, 1.82) is 0 Å². The molecule has 0 atom stereocenters. The number of hydrogen-bond donors (Lipinski definition) is 0. The van der Waals surface area contributed by atoms with Gasteiger partial charge in [-0.1, -0.05) is 0 Å². The van der Waals surface area contributed by atoms with Crippen molar-refractivity contribution in [1.82, 2.24) is 4.98 Å². The van der Waals surface area contributed by atoms with Crippen LogP contribution in [-0.2, 0) is 5.88 Å². The Morgan fingerprint density at radius 3 is 2.64 bits per heavy atom. The molecule has 0 N–H and O–H groups in total. The van der Waals surface area contributed by atoms with Crippen molar-refractivity contribution in [2.45, 2.75) is 5.88 Å². The summed E-state index contributed by atoms with van der Waals surface area (Å²) >= 11 is 7.26. The van der Waals surface area contributed by atoms with Gasteiger partial charge in [0.2, 0.25) is 0 Å². The van der Waals surface area contributed by atoms with E-state index in [1.165, 1.54) is 23.5 Å². The maximum Gasteiger partial charge on any atom is 0.123 e. The molecule has 0 unspecified atom stereocenters. The van der Waals surface area contributed by atoms with Crippen LogP contribution >= 0.6 is 22.9 Å². The lowest BCUT2D eigenvalue weighted by molar-refractivity contribution is 0.628. The van der Waals surface area contributed by atoms with Gasteiger partial charge in [-0.25, -0.2) is 9.37 Å². The Labute approximate surface area is 90.2 Å². The molecule has 0 aliphatic rings. The van der Waals surface area contributed by atoms with Gasteiger partial charge in [0.05, 0.1) is 17.1 Å². The lowest BCUT2D eigenvalue weighted by Crippen LogP contribution is -1.82. The van der Waals surface area contributed by atoms with Crippen molar-refractivity contribution in [3.63, 3.8) is 0 Å². The van der Waals surface area contributed by atoms with Crippen LogP contribution in [0.15, 0.2) is 29.8 Å². The Morgan fingerprint density at radius 1 is 1.29 bits per heavy atom. The number of rotatable bonds is 2. The highest BCUT2D eigenvalue weighted by atomic mass is 35.5. The standard InChI is InChI=1S/C10H7ClFNS/c11-5-9-10(13-6-14-9)7-1-3-8(12)4-2-7/h1-4,6H,5H2. The van der Waals surface area contributed by atoms with Gasteiger partial charge in [-0.15, -0.1) is 22.9 Å². The second-order valence-corrected chi connectivity index (χ2v) is 3.97. The first-order valence-electron chi connectivity index (χ1n) is 4.05. The summed E-state index contributed by atoms with van der Waals surface area (Å²) < 4.78 is 12.7. The maximum absolute atomic E-state index is 12.7. The van der Waals surface area contributed by atoms with Gasteiger partial charge in [0.25, 0.3) is 0 Å². The minimum atomic E-state index is -0.239. The maximum atomic E-state index is 12.7. The molecule has 1 aromatic heterocycles. The molecule has 2 aromatic rings.